The van der Waals surface area contributed by atoms with Crippen LogP contribution in [-0.2, 0) is 12.8 Å². The molecule has 124 valence electrons. The van der Waals surface area contributed by atoms with Crippen LogP contribution in [0.1, 0.15) is 77.3 Å². The number of rotatable bonds is 3. The molecule has 1 unspecified atom stereocenters. The maximum absolute atomic E-state index is 13.0. The number of fused-ring (bicyclic) bond motifs is 1. The highest BCUT2D eigenvalue weighted by atomic mass is 16.5. The third-order valence-electron chi connectivity index (χ3n) is 5.54. The quantitative estimate of drug-likeness (QED) is 0.868. The van der Waals surface area contributed by atoms with Crippen molar-refractivity contribution in [3.05, 3.63) is 46.6 Å². The van der Waals surface area contributed by atoms with Crippen molar-refractivity contribution < 1.29 is 9.32 Å². The number of amides is 1. The molecule has 1 saturated heterocycles. The summed E-state index contributed by atoms with van der Waals surface area (Å²) in [7, 11) is 0. The molecule has 1 saturated carbocycles. The predicted molar refractivity (Wildman–Crippen MR) is 87.8 cm³/mol. The Morgan fingerprint density at radius 1 is 1.12 bits per heavy atom. The van der Waals surface area contributed by atoms with Crippen LogP contribution in [0.25, 0.3) is 0 Å². The normalized spacial score (nSPS) is 22.8. The van der Waals surface area contributed by atoms with Gasteiger partial charge in [-0.25, -0.2) is 0 Å². The van der Waals surface area contributed by atoms with Gasteiger partial charge >= 0.3 is 0 Å². The number of benzene rings is 1. The third-order valence-corrected chi connectivity index (χ3v) is 5.54. The number of carbonyl (C=O) groups excluding carboxylic acids is 1. The van der Waals surface area contributed by atoms with Crippen LogP contribution >= 0.6 is 0 Å². The maximum atomic E-state index is 13.0. The molecule has 2 heterocycles. The molecule has 2 aromatic rings. The maximum Gasteiger partial charge on any atom is 0.254 e. The van der Waals surface area contributed by atoms with E-state index in [0.29, 0.717) is 11.7 Å². The van der Waals surface area contributed by atoms with E-state index >= 15 is 0 Å². The van der Waals surface area contributed by atoms with E-state index in [1.807, 2.05) is 11.0 Å². The minimum Gasteiger partial charge on any atom is -0.339 e. The van der Waals surface area contributed by atoms with Crippen molar-refractivity contribution in [3.63, 3.8) is 0 Å². The van der Waals surface area contributed by atoms with Crippen LogP contribution in [-0.4, -0.2) is 27.5 Å². The summed E-state index contributed by atoms with van der Waals surface area (Å²) in [5.74, 6) is 1.99. The van der Waals surface area contributed by atoms with Crippen molar-refractivity contribution in [1.29, 1.82) is 0 Å². The van der Waals surface area contributed by atoms with Gasteiger partial charge < -0.3 is 9.42 Å². The first-order chi connectivity index (χ1) is 11.8. The lowest BCUT2D eigenvalue weighted by molar-refractivity contribution is 0.0728. The highest BCUT2D eigenvalue weighted by molar-refractivity contribution is 5.95. The van der Waals surface area contributed by atoms with E-state index in [1.54, 1.807) is 0 Å². The van der Waals surface area contributed by atoms with E-state index in [9.17, 15) is 4.79 Å². The Hall–Kier alpha value is -2.17. The zero-order valence-electron chi connectivity index (χ0n) is 13.7. The summed E-state index contributed by atoms with van der Waals surface area (Å²) in [4.78, 5) is 19.5. The Balaban J connectivity index is 1.40. The van der Waals surface area contributed by atoms with Gasteiger partial charge in [-0.15, -0.1) is 0 Å². The molecule has 1 amide bonds. The van der Waals surface area contributed by atoms with Crippen LogP contribution in [0.3, 0.4) is 0 Å². The van der Waals surface area contributed by atoms with Gasteiger partial charge in [0.05, 0.1) is 6.04 Å². The number of hydrogen-bond donors (Lipinski definition) is 0. The Kier molecular flexibility index (Phi) is 3.21. The van der Waals surface area contributed by atoms with E-state index in [0.717, 1.165) is 56.5 Å². The number of carbonyl (C=O) groups is 1. The summed E-state index contributed by atoms with van der Waals surface area (Å²) in [5, 5.41) is 4.16. The lowest BCUT2D eigenvalue weighted by Crippen LogP contribution is -2.31. The SMILES string of the molecule is O=C(c1ccc2c(c1)CCC2)N1CCCC1c1noc(C2CC2)n1. The number of aryl methyl sites for hydroxylation is 2. The van der Waals surface area contributed by atoms with Crippen LogP contribution in [0, 0.1) is 0 Å². The summed E-state index contributed by atoms with van der Waals surface area (Å²) >= 11 is 0. The van der Waals surface area contributed by atoms with Crippen LogP contribution < -0.4 is 0 Å². The Morgan fingerprint density at radius 3 is 2.88 bits per heavy atom. The predicted octanol–water partition coefficient (Wildman–Crippen LogP) is 3.41. The molecule has 0 bridgehead atoms. The highest BCUT2D eigenvalue weighted by Crippen LogP contribution is 2.40. The van der Waals surface area contributed by atoms with Gasteiger partial charge in [0, 0.05) is 18.0 Å². The molecule has 0 spiro atoms. The van der Waals surface area contributed by atoms with Gasteiger partial charge in [0.25, 0.3) is 5.91 Å². The smallest absolute Gasteiger partial charge is 0.254 e. The first-order valence-corrected chi connectivity index (χ1v) is 9.06. The summed E-state index contributed by atoms with van der Waals surface area (Å²) in [6.45, 7) is 0.772. The molecule has 1 aliphatic heterocycles. The molecule has 1 atom stereocenters. The van der Waals surface area contributed by atoms with Crippen molar-refractivity contribution in [1.82, 2.24) is 15.0 Å². The van der Waals surface area contributed by atoms with Crippen LogP contribution in [0.5, 0.6) is 0 Å². The van der Waals surface area contributed by atoms with Gasteiger partial charge in [0.1, 0.15) is 0 Å². The van der Waals surface area contributed by atoms with Gasteiger partial charge in [0.2, 0.25) is 5.89 Å². The van der Waals surface area contributed by atoms with Gasteiger partial charge in [-0.1, -0.05) is 11.2 Å². The molecule has 24 heavy (non-hydrogen) atoms. The van der Waals surface area contributed by atoms with Gasteiger partial charge in [0.15, 0.2) is 5.82 Å². The fourth-order valence-electron chi connectivity index (χ4n) is 4.03. The second-order valence-corrected chi connectivity index (χ2v) is 7.26. The molecule has 0 N–H and O–H groups in total. The molecule has 0 radical (unpaired) electrons. The average Bonchev–Trinajstić information content (AvgIpc) is 3.06. The summed E-state index contributed by atoms with van der Waals surface area (Å²) in [6, 6.07) is 6.15. The highest BCUT2D eigenvalue weighted by Gasteiger charge is 2.36. The van der Waals surface area contributed by atoms with Crippen molar-refractivity contribution >= 4 is 5.91 Å². The second-order valence-electron chi connectivity index (χ2n) is 7.26. The van der Waals surface area contributed by atoms with Crippen molar-refractivity contribution in [3.8, 4) is 0 Å². The third kappa shape index (κ3) is 2.34. The van der Waals surface area contributed by atoms with E-state index < -0.39 is 0 Å². The molecule has 2 aliphatic carbocycles. The molecule has 1 aromatic heterocycles. The monoisotopic (exact) mass is 323 g/mol. The fourth-order valence-corrected chi connectivity index (χ4v) is 4.03. The number of nitrogens with zero attached hydrogens (tertiary/aromatic N) is 3. The first-order valence-electron chi connectivity index (χ1n) is 9.06. The zero-order valence-corrected chi connectivity index (χ0v) is 13.7. The molecule has 5 nitrogen and oxygen atoms in total. The first kappa shape index (κ1) is 14.2. The average molecular weight is 323 g/mol. The minimum absolute atomic E-state index is 0.0398. The van der Waals surface area contributed by atoms with Crippen LogP contribution in [0.4, 0.5) is 0 Å². The molecular weight excluding hydrogens is 302 g/mol. The molecule has 3 aliphatic rings. The van der Waals surface area contributed by atoms with Crippen molar-refractivity contribution in [2.75, 3.05) is 6.54 Å². The lowest BCUT2D eigenvalue weighted by Gasteiger charge is -2.22. The molecule has 2 fully saturated rings. The largest absolute Gasteiger partial charge is 0.339 e. The van der Waals surface area contributed by atoms with Crippen molar-refractivity contribution in [2.45, 2.75) is 56.9 Å². The molecule has 5 heteroatoms. The minimum atomic E-state index is -0.0398. The second kappa shape index (κ2) is 5.43. The van der Waals surface area contributed by atoms with Gasteiger partial charge in [-0.2, -0.15) is 4.98 Å². The summed E-state index contributed by atoms with van der Waals surface area (Å²) < 4.78 is 5.40. The Bertz CT molecular complexity index is 794. The van der Waals surface area contributed by atoms with E-state index in [4.69, 9.17) is 4.52 Å². The van der Waals surface area contributed by atoms with Gasteiger partial charge in [-0.05, 0) is 68.2 Å². The van der Waals surface area contributed by atoms with Crippen LogP contribution in [0.2, 0.25) is 0 Å². The number of aromatic nitrogens is 2. The lowest BCUT2D eigenvalue weighted by atomic mass is 10.1. The summed E-state index contributed by atoms with van der Waals surface area (Å²) in [5.41, 5.74) is 3.54. The van der Waals surface area contributed by atoms with E-state index in [1.165, 1.54) is 17.5 Å². The van der Waals surface area contributed by atoms with Gasteiger partial charge in [-0.3, -0.25) is 4.79 Å². The van der Waals surface area contributed by atoms with E-state index in [-0.39, 0.29) is 11.9 Å². The fraction of sp³-hybridized carbons (Fsp3) is 0.526. The zero-order chi connectivity index (χ0) is 16.1. The number of likely N-dealkylation sites (tertiary alicyclic amines) is 1. The number of hydrogen-bond acceptors (Lipinski definition) is 4. The van der Waals surface area contributed by atoms with E-state index in [2.05, 4.69) is 22.3 Å². The topological polar surface area (TPSA) is 59.2 Å². The van der Waals surface area contributed by atoms with Crippen LogP contribution in [0.15, 0.2) is 22.7 Å². The standard InChI is InChI=1S/C19H21N3O2/c23-19(15-9-6-12-3-1-4-14(12)11-15)22-10-2-5-16(22)17-20-18(24-21-17)13-7-8-13/h6,9,11,13,16H,1-5,7-8,10H2. The summed E-state index contributed by atoms with van der Waals surface area (Å²) in [6.07, 6.45) is 7.63. The molecular formula is C19H21N3O2. The Labute approximate surface area is 141 Å². The Morgan fingerprint density at radius 2 is 2.00 bits per heavy atom. The molecule has 5 rings (SSSR count). The molecule has 1 aromatic carbocycles. The van der Waals surface area contributed by atoms with Crippen molar-refractivity contribution in [2.24, 2.45) is 0 Å².